The summed E-state index contributed by atoms with van der Waals surface area (Å²) < 4.78 is 12.7. The Morgan fingerprint density at radius 2 is 2.20 bits per heavy atom. The monoisotopic (exact) mass is 147 g/mol. The number of halogens is 1. The van der Waals surface area contributed by atoms with E-state index >= 15 is 0 Å². The van der Waals surface area contributed by atoms with Crippen LogP contribution in [-0.4, -0.2) is 30.5 Å². The van der Waals surface area contributed by atoms with E-state index in [9.17, 15) is 9.50 Å². The first-order valence-electron chi connectivity index (χ1n) is 3.75. The standard InChI is InChI=1S/C7H14FNO/c1-9-6-4-2-3-5(8)7(6)10/h5-7,9-10H,2-4H2,1H3/t5-,6+,7-/m1/s1. The summed E-state index contributed by atoms with van der Waals surface area (Å²) in [7, 11) is 1.76. The van der Waals surface area contributed by atoms with Crippen LogP contribution in [0.3, 0.4) is 0 Å². The predicted molar refractivity (Wildman–Crippen MR) is 37.6 cm³/mol. The molecule has 3 atom stereocenters. The zero-order valence-electron chi connectivity index (χ0n) is 6.18. The highest BCUT2D eigenvalue weighted by Crippen LogP contribution is 2.21. The number of nitrogens with one attached hydrogen (secondary N) is 1. The van der Waals surface area contributed by atoms with Crippen LogP contribution in [0.15, 0.2) is 0 Å². The highest BCUT2D eigenvalue weighted by molar-refractivity contribution is 4.85. The maximum Gasteiger partial charge on any atom is 0.127 e. The Hall–Kier alpha value is -0.150. The van der Waals surface area contributed by atoms with Crippen LogP contribution in [0.4, 0.5) is 4.39 Å². The largest absolute Gasteiger partial charge is 0.388 e. The van der Waals surface area contributed by atoms with Crippen molar-refractivity contribution in [3.8, 4) is 0 Å². The van der Waals surface area contributed by atoms with Gasteiger partial charge in [0.2, 0.25) is 0 Å². The molecule has 2 N–H and O–H groups in total. The maximum atomic E-state index is 12.7. The predicted octanol–water partition coefficient (Wildman–Crippen LogP) is 0.457. The second-order valence-electron chi connectivity index (χ2n) is 2.83. The zero-order chi connectivity index (χ0) is 7.56. The molecule has 10 heavy (non-hydrogen) atoms. The molecule has 1 saturated carbocycles. The topological polar surface area (TPSA) is 32.3 Å². The molecule has 1 rings (SSSR count). The van der Waals surface area contributed by atoms with Gasteiger partial charge in [0.25, 0.3) is 0 Å². The van der Waals surface area contributed by atoms with Crippen molar-refractivity contribution in [2.75, 3.05) is 7.05 Å². The maximum absolute atomic E-state index is 12.7. The second-order valence-corrected chi connectivity index (χ2v) is 2.83. The normalized spacial score (nSPS) is 41.7. The van der Waals surface area contributed by atoms with Crippen LogP contribution >= 0.6 is 0 Å². The highest BCUT2D eigenvalue weighted by atomic mass is 19.1. The van der Waals surface area contributed by atoms with E-state index in [0.29, 0.717) is 6.42 Å². The van der Waals surface area contributed by atoms with E-state index < -0.39 is 12.3 Å². The number of alkyl halides is 1. The van der Waals surface area contributed by atoms with Gasteiger partial charge in [-0.3, -0.25) is 0 Å². The summed E-state index contributed by atoms with van der Waals surface area (Å²) >= 11 is 0. The van der Waals surface area contributed by atoms with Crippen molar-refractivity contribution in [3.05, 3.63) is 0 Å². The molecule has 0 unspecified atom stereocenters. The average molecular weight is 147 g/mol. The Morgan fingerprint density at radius 3 is 2.70 bits per heavy atom. The van der Waals surface area contributed by atoms with Gasteiger partial charge in [0, 0.05) is 6.04 Å². The van der Waals surface area contributed by atoms with Crippen LogP contribution in [0.25, 0.3) is 0 Å². The van der Waals surface area contributed by atoms with Gasteiger partial charge in [-0.15, -0.1) is 0 Å². The molecule has 0 spiro atoms. The van der Waals surface area contributed by atoms with Gasteiger partial charge in [0.1, 0.15) is 12.3 Å². The molecule has 60 valence electrons. The van der Waals surface area contributed by atoms with Gasteiger partial charge in [0.15, 0.2) is 0 Å². The minimum atomic E-state index is -1.02. The molecule has 0 saturated heterocycles. The van der Waals surface area contributed by atoms with E-state index in [1.54, 1.807) is 7.05 Å². The first-order chi connectivity index (χ1) is 4.75. The number of likely N-dealkylation sites (N-methyl/N-ethyl adjacent to an activating group) is 1. The summed E-state index contributed by atoms with van der Waals surface area (Å²) in [5.41, 5.74) is 0. The molecular weight excluding hydrogens is 133 g/mol. The summed E-state index contributed by atoms with van der Waals surface area (Å²) in [6.07, 6.45) is 0.464. The minimum Gasteiger partial charge on any atom is -0.388 e. The zero-order valence-corrected chi connectivity index (χ0v) is 6.18. The number of hydrogen-bond acceptors (Lipinski definition) is 2. The molecule has 1 aliphatic rings. The smallest absolute Gasteiger partial charge is 0.127 e. The van der Waals surface area contributed by atoms with Crippen LogP contribution in [0, 0.1) is 0 Å². The quantitative estimate of drug-likeness (QED) is 0.564. The molecule has 0 aromatic rings. The van der Waals surface area contributed by atoms with E-state index in [1.807, 2.05) is 0 Å². The Balaban J connectivity index is 2.42. The molecule has 0 bridgehead atoms. The van der Waals surface area contributed by atoms with Crippen LogP contribution in [0.5, 0.6) is 0 Å². The lowest BCUT2D eigenvalue weighted by atomic mass is 9.91. The first-order valence-corrected chi connectivity index (χ1v) is 3.75. The summed E-state index contributed by atoms with van der Waals surface area (Å²) in [6.45, 7) is 0. The van der Waals surface area contributed by atoms with Gasteiger partial charge < -0.3 is 10.4 Å². The summed E-state index contributed by atoms with van der Waals surface area (Å²) in [6, 6.07) is -0.0382. The van der Waals surface area contributed by atoms with Crippen molar-refractivity contribution in [1.29, 1.82) is 0 Å². The van der Waals surface area contributed by atoms with Crippen LogP contribution < -0.4 is 5.32 Å². The average Bonchev–Trinajstić information content (AvgIpc) is 1.95. The van der Waals surface area contributed by atoms with E-state index in [2.05, 4.69) is 5.32 Å². The molecule has 0 radical (unpaired) electrons. The number of hydrogen-bond donors (Lipinski definition) is 2. The number of aliphatic hydroxyl groups is 1. The fourth-order valence-electron chi connectivity index (χ4n) is 1.44. The summed E-state index contributed by atoms with van der Waals surface area (Å²) in [4.78, 5) is 0. The molecule has 0 aliphatic heterocycles. The van der Waals surface area contributed by atoms with E-state index in [1.165, 1.54) is 0 Å². The first kappa shape index (κ1) is 7.95. The van der Waals surface area contributed by atoms with Crippen molar-refractivity contribution >= 4 is 0 Å². The van der Waals surface area contributed by atoms with E-state index in [-0.39, 0.29) is 6.04 Å². The lowest BCUT2D eigenvalue weighted by Gasteiger charge is -2.29. The molecule has 0 heterocycles. The van der Waals surface area contributed by atoms with Gasteiger partial charge in [-0.05, 0) is 26.3 Å². The van der Waals surface area contributed by atoms with Gasteiger partial charge in [-0.2, -0.15) is 0 Å². The highest BCUT2D eigenvalue weighted by Gasteiger charge is 2.30. The molecule has 2 nitrogen and oxygen atoms in total. The van der Waals surface area contributed by atoms with Gasteiger partial charge in [0.05, 0.1) is 0 Å². The summed E-state index contributed by atoms with van der Waals surface area (Å²) in [5, 5.41) is 12.1. The van der Waals surface area contributed by atoms with Crippen molar-refractivity contribution < 1.29 is 9.50 Å². The third kappa shape index (κ3) is 1.47. The molecule has 0 aromatic carbocycles. The Bertz CT molecular complexity index is 110. The third-order valence-electron chi connectivity index (χ3n) is 2.15. The lowest BCUT2D eigenvalue weighted by molar-refractivity contribution is 0.0190. The summed E-state index contributed by atoms with van der Waals surface area (Å²) in [5.74, 6) is 0. The fourth-order valence-corrected chi connectivity index (χ4v) is 1.44. The molecule has 1 fully saturated rings. The Kier molecular flexibility index (Phi) is 2.63. The second kappa shape index (κ2) is 3.30. The number of aliphatic hydroxyl groups excluding tert-OH is 1. The lowest BCUT2D eigenvalue weighted by Crippen LogP contribution is -2.46. The van der Waals surface area contributed by atoms with Crippen molar-refractivity contribution in [2.24, 2.45) is 0 Å². The molecule has 3 heteroatoms. The Morgan fingerprint density at radius 1 is 1.50 bits per heavy atom. The van der Waals surface area contributed by atoms with Crippen LogP contribution in [0.1, 0.15) is 19.3 Å². The molecular formula is C7H14FNO. The minimum absolute atomic E-state index is 0.0382. The van der Waals surface area contributed by atoms with Crippen molar-refractivity contribution in [3.63, 3.8) is 0 Å². The van der Waals surface area contributed by atoms with Gasteiger partial charge >= 0.3 is 0 Å². The third-order valence-corrected chi connectivity index (χ3v) is 2.15. The molecule has 1 aliphatic carbocycles. The van der Waals surface area contributed by atoms with Gasteiger partial charge in [-0.25, -0.2) is 4.39 Å². The van der Waals surface area contributed by atoms with E-state index in [4.69, 9.17) is 0 Å². The van der Waals surface area contributed by atoms with E-state index in [0.717, 1.165) is 12.8 Å². The SMILES string of the molecule is CN[C@H]1CCC[C@@H](F)[C@H]1O. The van der Waals surface area contributed by atoms with Crippen molar-refractivity contribution in [2.45, 2.75) is 37.6 Å². The molecule has 0 aromatic heterocycles. The van der Waals surface area contributed by atoms with Crippen LogP contribution in [0.2, 0.25) is 0 Å². The number of rotatable bonds is 1. The van der Waals surface area contributed by atoms with Gasteiger partial charge in [-0.1, -0.05) is 0 Å². The molecule has 0 amide bonds. The Labute approximate surface area is 60.4 Å². The van der Waals surface area contributed by atoms with Crippen LogP contribution in [-0.2, 0) is 0 Å². The van der Waals surface area contributed by atoms with Crippen molar-refractivity contribution in [1.82, 2.24) is 5.32 Å². The fraction of sp³-hybridized carbons (Fsp3) is 1.00.